The molecule has 0 fully saturated rings. The summed E-state index contributed by atoms with van der Waals surface area (Å²) in [7, 11) is 0. The van der Waals surface area contributed by atoms with Gasteiger partial charge in [-0.3, -0.25) is 0 Å². The van der Waals surface area contributed by atoms with Crippen LogP contribution < -0.4 is 33.2 Å². The average molecular weight is 258 g/mol. The van der Waals surface area contributed by atoms with Crippen LogP contribution in [0.3, 0.4) is 0 Å². The number of rotatable bonds is 3. The Morgan fingerprint density at radius 1 is 1.11 bits per heavy atom. The molecule has 4 amide bonds. The summed E-state index contributed by atoms with van der Waals surface area (Å²) in [4.78, 5) is 32.7. The predicted molar refractivity (Wildman–Crippen MR) is 58.2 cm³/mol. The average Bonchev–Trinajstić information content (AvgIpc) is 2.70. The third kappa shape index (κ3) is 2.16. The van der Waals surface area contributed by atoms with Gasteiger partial charge in [-0.05, 0) is 0 Å². The minimum Gasteiger partial charge on any atom is -0.477 e. The Labute approximate surface area is 99.4 Å². The Morgan fingerprint density at radius 2 is 1.61 bits per heavy atom. The van der Waals surface area contributed by atoms with E-state index < -0.39 is 29.5 Å². The second kappa shape index (κ2) is 4.60. The van der Waals surface area contributed by atoms with Gasteiger partial charge in [-0.25, -0.2) is 31.1 Å². The van der Waals surface area contributed by atoms with Gasteiger partial charge in [-0.2, -0.15) is 5.01 Å². The zero-order chi connectivity index (χ0) is 14.0. The van der Waals surface area contributed by atoms with Crippen molar-refractivity contribution in [2.24, 2.45) is 23.2 Å². The second-order valence-corrected chi connectivity index (χ2v) is 3.02. The van der Waals surface area contributed by atoms with Crippen LogP contribution in [0.5, 0.6) is 0 Å². The number of hydrazine groups is 2. The van der Waals surface area contributed by atoms with Crippen LogP contribution in [0.2, 0.25) is 0 Å². The Balaban J connectivity index is 3.36. The highest BCUT2D eigenvalue weighted by molar-refractivity contribution is 6.06. The maximum absolute atomic E-state index is 11.0. The molecule has 0 saturated heterocycles. The fourth-order valence-corrected chi connectivity index (χ4v) is 1.11. The molecule has 1 heterocycles. The Kier molecular flexibility index (Phi) is 3.39. The van der Waals surface area contributed by atoms with Crippen LogP contribution in [0.25, 0.3) is 0 Å². The van der Waals surface area contributed by atoms with Crippen LogP contribution in [0.4, 0.5) is 21.2 Å². The summed E-state index contributed by atoms with van der Waals surface area (Å²) in [6.07, 6.45) is 0.798. The summed E-state index contributed by atoms with van der Waals surface area (Å²) in [6, 6.07) is -2.30. The van der Waals surface area contributed by atoms with Gasteiger partial charge >= 0.3 is 18.0 Å². The maximum atomic E-state index is 11.0. The molecule has 0 atom stereocenters. The minimum absolute atomic E-state index is 0.252. The van der Waals surface area contributed by atoms with Gasteiger partial charge in [0.2, 0.25) is 5.88 Å². The number of carbonyl (C=O) groups is 3. The fraction of sp³-hybridized carbons (Fsp3) is 0. The Hall–Kier alpha value is -2.79. The molecular formula is C7H10N6O5. The predicted octanol–water partition coefficient (Wildman–Crippen LogP) is -1.50. The molecule has 0 aliphatic heterocycles. The molecule has 0 aromatic carbocycles. The number of carbonyl (C=O) groups excluding carboxylic acids is 2. The largest absolute Gasteiger partial charge is 0.477 e. The molecule has 0 radical (unpaired) electrons. The van der Waals surface area contributed by atoms with Gasteiger partial charge in [0.25, 0.3) is 0 Å². The molecule has 0 aliphatic rings. The van der Waals surface area contributed by atoms with Gasteiger partial charge in [0, 0.05) is 0 Å². The van der Waals surface area contributed by atoms with Crippen molar-refractivity contribution >= 4 is 29.6 Å². The van der Waals surface area contributed by atoms with E-state index in [0.29, 0.717) is 5.01 Å². The third-order valence-corrected chi connectivity index (χ3v) is 1.92. The monoisotopic (exact) mass is 258 g/mol. The van der Waals surface area contributed by atoms with Crippen molar-refractivity contribution in [3.05, 3.63) is 11.8 Å². The van der Waals surface area contributed by atoms with E-state index in [-0.39, 0.29) is 10.7 Å². The molecule has 1 aromatic heterocycles. The van der Waals surface area contributed by atoms with Crippen molar-refractivity contribution in [3.8, 4) is 0 Å². The molecule has 11 heteroatoms. The highest BCUT2D eigenvalue weighted by Gasteiger charge is 2.29. The zero-order valence-corrected chi connectivity index (χ0v) is 8.86. The third-order valence-electron chi connectivity index (χ3n) is 1.92. The number of carboxylic acid groups (broad SMARTS) is 1. The van der Waals surface area contributed by atoms with Crippen molar-refractivity contribution in [2.75, 3.05) is 10.0 Å². The summed E-state index contributed by atoms with van der Waals surface area (Å²) < 4.78 is 4.74. The fourth-order valence-electron chi connectivity index (χ4n) is 1.11. The number of anilines is 2. The Morgan fingerprint density at radius 3 is 2.00 bits per heavy atom. The van der Waals surface area contributed by atoms with E-state index in [4.69, 9.17) is 32.7 Å². The first-order valence-electron chi connectivity index (χ1n) is 4.30. The van der Waals surface area contributed by atoms with Crippen molar-refractivity contribution < 1.29 is 23.9 Å². The van der Waals surface area contributed by atoms with E-state index in [1.54, 1.807) is 0 Å². The number of urea groups is 2. The summed E-state index contributed by atoms with van der Waals surface area (Å²) in [5.41, 5.74) is 8.73. The number of furan rings is 1. The molecular weight excluding hydrogens is 248 g/mol. The van der Waals surface area contributed by atoms with Gasteiger partial charge in [-0.15, -0.1) is 0 Å². The lowest BCUT2D eigenvalue weighted by Gasteiger charge is -2.13. The first-order valence-corrected chi connectivity index (χ1v) is 4.30. The summed E-state index contributed by atoms with van der Waals surface area (Å²) >= 11 is 0. The van der Waals surface area contributed by atoms with Crippen LogP contribution in [0, 0.1) is 0 Å². The van der Waals surface area contributed by atoms with Gasteiger partial charge in [0.15, 0.2) is 5.56 Å². The molecule has 18 heavy (non-hydrogen) atoms. The number of nitrogens with zero attached hydrogens (tertiary/aromatic N) is 2. The molecule has 0 bridgehead atoms. The standard InChI is InChI=1S/C7H10N6O5/c8-6(16)12(10)2-1-18-4(3(2)5(14)15)13(11)7(9)17/h1H,10-11H2,(H2,8,16)(H2,9,17)(H,14,15). The topological polar surface area (TPSA) is 195 Å². The van der Waals surface area contributed by atoms with Gasteiger partial charge in [0.05, 0.1) is 0 Å². The van der Waals surface area contributed by atoms with Crippen molar-refractivity contribution in [2.45, 2.75) is 0 Å². The van der Waals surface area contributed by atoms with Crippen molar-refractivity contribution in [1.82, 2.24) is 0 Å². The SMILES string of the molecule is NC(=O)N(N)c1coc(N(N)C(N)=O)c1C(=O)O. The lowest BCUT2D eigenvalue weighted by Crippen LogP contribution is -2.43. The van der Waals surface area contributed by atoms with E-state index in [0.717, 1.165) is 6.26 Å². The van der Waals surface area contributed by atoms with Crippen LogP contribution >= 0.6 is 0 Å². The number of primary amides is 2. The van der Waals surface area contributed by atoms with Crippen LogP contribution in [0.1, 0.15) is 10.4 Å². The molecule has 9 N–H and O–H groups in total. The number of amides is 4. The number of hydrogen-bond acceptors (Lipinski definition) is 6. The van der Waals surface area contributed by atoms with Crippen molar-refractivity contribution in [1.29, 1.82) is 0 Å². The molecule has 0 spiro atoms. The first-order chi connectivity index (χ1) is 8.27. The summed E-state index contributed by atoms with van der Waals surface area (Å²) in [6.45, 7) is 0. The first kappa shape index (κ1) is 13.3. The maximum Gasteiger partial charge on any atom is 0.343 e. The van der Waals surface area contributed by atoms with Crippen LogP contribution in [-0.2, 0) is 0 Å². The van der Waals surface area contributed by atoms with E-state index >= 15 is 0 Å². The molecule has 0 aliphatic carbocycles. The van der Waals surface area contributed by atoms with E-state index in [9.17, 15) is 14.4 Å². The van der Waals surface area contributed by atoms with Gasteiger partial charge in [0.1, 0.15) is 12.0 Å². The van der Waals surface area contributed by atoms with E-state index in [2.05, 4.69) is 0 Å². The number of hydrogen-bond donors (Lipinski definition) is 5. The molecule has 11 nitrogen and oxygen atoms in total. The second-order valence-electron chi connectivity index (χ2n) is 3.02. The molecule has 1 rings (SSSR count). The van der Waals surface area contributed by atoms with E-state index in [1.165, 1.54) is 0 Å². The van der Waals surface area contributed by atoms with Crippen LogP contribution in [0.15, 0.2) is 10.7 Å². The quantitative estimate of drug-likeness (QED) is 0.247. The molecule has 0 unspecified atom stereocenters. The normalized spacial score (nSPS) is 9.89. The van der Waals surface area contributed by atoms with Gasteiger partial charge in [-0.1, -0.05) is 0 Å². The molecule has 0 saturated carbocycles. The summed E-state index contributed by atoms with van der Waals surface area (Å²) in [5.74, 6) is 8.30. The number of aromatic carboxylic acids is 1. The van der Waals surface area contributed by atoms with Crippen molar-refractivity contribution in [3.63, 3.8) is 0 Å². The smallest absolute Gasteiger partial charge is 0.343 e. The molecule has 1 aromatic rings. The molecule has 98 valence electrons. The van der Waals surface area contributed by atoms with Crippen LogP contribution in [-0.4, -0.2) is 23.1 Å². The lowest BCUT2D eigenvalue weighted by molar-refractivity contribution is 0.0698. The van der Waals surface area contributed by atoms with E-state index in [1.807, 2.05) is 0 Å². The zero-order valence-electron chi connectivity index (χ0n) is 8.86. The summed E-state index contributed by atoms with van der Waals surface area (Å²) in [5, 5.41) is 9.54. The Bertz CT molecular complexity index is 473. The number of nitrogens with two attached hydrogens (primary N) is 4. The number of carboxylic acids is 1. The highest BCUT2D eigenvalue weighted by Crippen LogP contribution is 2.30. The lowest BCUT2D eigenvalue weighted by atomic mass is 10.2. The minimum atomic E-state index is -1.54. The van der Waals surface area contributed by atoms with Gasteiger partial charge < -0.3 is 21.0 Å². The highest BCUT2D eigenvalue weighted by atomic mass is 16.4.